The van der Waals surface area contributed by atoms with Crippen molar-refractivity contribution in [2.24, 2.45) is 0 Å². The molecule has 1 N–H and O–H groups in total. The fourth-order valence-corrected chi connectivity index (χ4v) is 3.81. The molecule has 1 heterocycles. The zero-order valence-corrected chi connectivity index (χ0v) is 15.3. The lowest BCUT2D eigenvalue weighted by Crippen LogP contribution is -2.51. The number of likely N-dealkylation sites (N-methyl/N-ethyl adjacent to an activating group) is 2. The molecule has 132 valence electrons. The van der Waals surface area contributed by atoms with Crippen LogP contribution in [0.2, 0.25) is 0 Å². The third-order valence-electron chi connectivity index (χ3n) is 5.28. The van der Waals surface area contributed by atoms with E-state index >= 15 is 0 Å². The zero-order valence-electron chi connectivity index (χ0n) is 15.3. The molecule has 0 bridgehead atoms. The minimum absolute atomic E-state index is 0.106. The van der Waals surface area contributed by atoms with Crippen molar-refractivity contribution < 1.29 is 4.79 Å². The summed E-state index contributed by atoms with van der Waals surface area (Å²) < 4.78 is 0. The first-order valence-electron chi connectivity index (χ1n) is 9.07. The second kappa shape index (κ2) is 7.38. The van der Waals surface area contributed by atoms with Gasteiger partial charge in [-0.2, -0.15) is 0 Å². The molecule has 25 heavy (non-hydrogen) atoms. The van der Waals surface area contributed by atoms with Crippen LogP contribution in [0.25, 0.3) is 0 Å². The third-order valence-corrected chi connectivity index (χ3v) is 5.28. The van der Waals surface area contributed by atoms with Crippen LogP contribution in [0, 0.1) is 0 Å². The molecule has 4 nitrogen and oxygen atoms in total. The van der Waals surface area contributed by atoms with Gasteiger partial charge in [-0.3, -0.25) is 10.1 Å². The average molecular weight is 337 g/mol. The quantitative estimate of drug-likeness (QED) is 0.844. The SMILES string of the molecule is CCN(CC)CCN1C(=O)[C@](NC)(c2ccccc2)c2ccccc21. The standard InChI is InChI=1S/C21H27N3O/c1-4-23(5-2)15-16-24-19-14-10-9-13-18(19)21(22-3,20(24)25)17-11-7-6-8-12-17/h6-14,22H,4-5,15-16H2,1-3H3/t21-/m0/s1. The first kappa shape index (κ1) is 17.6. The molecule has 1 amide bonds. The van der Waals surface area contributed by atoms with E-state index in [2.05, 4.69) is 36.2 Å². The molecule has 0 fully saturated rings. The van der Waals surface area contributed by atoms with E-state index < -0.39 is 5.54 Å². The van der Waals surface area contributed by atoms with Gasteiger partial charge in [-0.25, -0.2) is 0 Å². The topological polar surface area (TPSA) is 35.6 Å². The highest BCUT2D eigenvalue weighted by molar-refractivity contribution is 6.10. The maximum atomic E-state index is 13.6. The molecular weight excluding hydrogens is 310 g/mol. The average Bonchev–Trinajstić information content (AvgIpc) is 2.92. The highest BCUT2D eigenvalue weighted by Gasteiger charge is 2.50. The number of nitrogens with zero attached hydrogens (tertiary/aromatic N) is 2. The van der Waals surface area contributed by atoms with E-state index in [9.17, 15) is 4.79 Å². The van der Waals surface area contributed by atoms with Crippen LogP contribution in [0.4, 0.5) is 5.69 Å². The van der Waals surface area contributed by atoms with E-state index in [0.29, 0.717) is 6.54 Å². The molecule has 3 rings (SSSR count). The first-order valence-corrected chi connectivity index (χ1v) is 9.07. The van der Waals surface area contributed by atoms with Gasteiger partial charge in [0.25, 0.3) is 5.91 Å². The Labute approximate surface area is 150 Å². The van der Waals surface area contributed by atoms with Gasteiger partial charge in [-0.1, -0.05) is 62.4 Å². The molecule has 0 saturated carbocycles. The molecule has 0 radical (unpaired) electrons. The van der Waals surface area contributed by atoms with Gasteiger partial charge in [0.05, 0.1) is 0 Å². The van der Waals surface area contributed by atoms with Gasteiger partial charge in [-0.15, -0.1) is 0 Å². The molecule has 0 saturated heterocycles. The Morgan fingerprint density at radius 1 is 1.00 bits per heavy atom. The van der Waals surface area contributed by atoms with Gasteiger partial charge < -0.3 is 9.80 Å². The Bertz CT molecular complexity index is 727. The second-order valence-corrected chi connectivity index (χ2v) is 6.37. The monoisotopic (exact) mass is 337 g/mol. The highest BCUT2D eigenvalue weighted by atomic mass is 16.2. The van der Waals surface area contributed by atoms with Gasteiger partial charge in [-0.05, 0) is 31.8 Å². The summed E-state index contributed by atoms with van der Waals surface area (Å²) in [6.07, 6.45) is 0. The molecule has 0 aromatic heterocycles. The Balaban J connectivity index is 2.03. The van der Waals surface area contributed by atoms with Crippen molar-refractivity contribution in [1.29, 1.82) is 0 Å². The van der Waals surface area contributed by atoms with Crippen LogP contribution in [-0.2, 0) is 10.3 Å². The summed E-state index contributed by atoms with van der Waals surface area (Å²) in [5, 5.41) is 3.34. The van der Waals surface area contributed by atoms with Crippen molar-refractivity contribution >= 4 is 11.6 Å². The van der Waals surface area contributed by atoms with Crippen molar-refractivity contribution in [2.45, 2.75) is 19.4 Å². The highest BCUT2D eigenvalue weighted by Crippen LogP contribution is 2.43. The number of fused-ring (bicyclic) bond motifs is 1. The summed E-state index contributed by atoms with van der Waals surface area (Å²) in [6, 6.07) is 18.1. The Kier molecular flexibility index (Phi) is 5.21. The maximum absolute atomic E-state index is 13.6. The minimum Gasteiger partial charge on any atom is -0.309 e. The first-order chi connectivity index (χ1) is 12.2. The molecule has 1 atom stereocenters. The summed E-state index contributed by atoms with van der Waals surface area (Å²) in [5.74, 6) is 0.106. The number of hydrogen-bond donors (Lipinski definition) is 1. The number of anilines is 1. The van der Waals surface area contributed by atoms with Crippen molar-refractivity contribution in [3.05, 3.63) is 65.7 Å². The van der Waals surface area contributed by atoms with Crippen molar-refractivity contribution in [3.8, 4) is 0 Å². The van der Waals surface area contributed by atoms with Gasteiger partial charge in [0, 0.05) is 24.3 Å². The molecule has 0 aliphatic carbocycles. The third kappa shape index (κ3) is 2.86. The summed E-state index contributed by atoms with van der Waals surface area (Å²) in [4.78, 5) is 17.8. The summed E-state index contributed by atoms with van der Waals surface area (Å²) in [7, 11) is 1.87. The molecule has 4 heteroatoms. The lowest BCUT2D eigenvalue weighted by Gasteiger charge is -2.29. The Hall–Kier alpha value is -2.17. The lowest BCUT2D eigenvalue weighted by molar-refractivity contribution is -0.122. The second-order valence-electron chi connectivity index (χ2n) is 6.37. The van der Waals surface area contributed by atoms with Crippen LogP contribution in [0.3, 0.4) is 0 Å². The molecular formula is C21H27N3O. The minimum atomic E-state index is -0.804. The number of amides is 1. The molecule has 2 aromatic rings. The number of para-hydroxylation sites is 1. The van der Waals surface area contributed by atoms with Crippen molar-refractivity contribution in [3.63, 3.8) is 0 Å². The predicted octanol–water partition coefficient (Wildman–Crippen LogP) is 2.84. The van der Waals surface area contributed by atoms with Crippen LogP contribution < -0.4 is 10.2 Å². The largest absolute Gasteiger partial charge is 0.309 e. The molecule has 0 unspecified atom stereocenters. The van der Waals surface area contributed by atoms with Gasteiger partial charge in [0.15, 0.2) is 5.54 Å². The van der Waals surface area contributed by atoms with Gasteiger partial charge in [0.1, 0.15) is 0 Å². The van der Waals surface area contributed by atoms with E-state index in [1.807, 2.05) is 54.4 Å². The van der Waals surface area contributed by atoms with Crippen LogP contribution >= 0.6 is 0 Å². The number of nitrogens with one attached hydrogen (secondary N) is 1. The zero-order chi connectivity index (χ0) is 17.9. The Morgan fingerprint density at radius 2 is 1.64 bits per heavy atom. The van der Waals surface area contributed by atoms with Crippen LogP contribution in [0.1, 0.15) is 25.0 Å². The van der Waals surface area contributed by atoms with Crippen molar-refractivity contribution in [2.75, 3.05) is 38.1 Å². The number of carbonyl (C=O) groups excluding carboxylic acids is 1. The fourth-order valence-electron chi connectivity index (χ4n) is 3.81. The number of carbonyl (C=O) groups is 1. The van der Waals surface area contributed by atoms with E-state index in [1.165, 1.54) is 0 Å². The molecule has 2 aromatic carbocycles. The summed E-state index contributed by atoms with van der Waals surface area (Å²) in [6.45, 7) is 7.89. The van der Waals surface area contributed by atoms with Crippen LogP contribution in [0.5, 0.6) is 0 Å². The van der Waals surface area contributed by atoms with Crippen LogP contribution in [-0.4, -0.2) is 44.0 Å². The fraction of sp³-hybridized carbons (Fsp3) is 0.381. The molecule has 1 aliphatic heterocycles. The van der Waals surface area contributed by atoms with Gasteiger partial charge in [0.2, 0.25) is 0 Å². The summed E-state index contributed by atoms with van der Waals surface area (Å²) in [5.41, 5.74) is 2.23. The van der Waals surface area contributed by atoms with Gasteiger partial charge >= 0.3 is 0 Å². The normalized spacial score (nSPS) is 19.5. The number of rotatable bonds is 7. The number of hydrogen-bond acceptors (Lipinski definition) is 3. The number of benzene rings is 2. The summed E-state index contributed by atoms with van der Waals surface area (Å²) >= 11 is 0. The van der Waals surface area contributed by atoms with E-state index in [-0.39, 0.29) is 5.91 Å². The van der Waals surface area contributed by atoms with E-state index in [1.54, 1.807) is 0 Å². The van der Waals surface area contributed by atoms with Crippen molar-refractivity contribution in [1.82, 2.24) is 10.2 Å². The molecule has 0 spiro atoms. The van der Waals surface area contributed by atoms with Crippen LogP contribution in [0.15, 0.2) is 54.6 Å². The maximum Gasteiger partial charge on any atom is 0.256 e. The molecule has 1 aliphatic rings. The smallest absolute Gasteiger partial charge is 0.256 e. The Morgan fingerprint density at radius 3 is 2.28 bits per heavy atom. The predicted molar refractivity (Wildman–Crippen MR) is 103 cm³/mol. The lowest BCUT2D eigenvalue weighted by atomic mass is 9.84. The van der Waals surface area contributed by atoms with E-state index in [4.69, 9.17) is 0 Å². The van der Waals surface area contributed by atoms with E-state index in [0.717, 1.165) is 36.4 Å².